The third-order valence-corrected chi connectivity index (χ3v) is 3.80. The van der Waals surface area contributed by atoms with Crippen LogP contribution in [0.3, 0.4) is 0 Å². The van der Waals surface area contributed by atoms with Crippen LogP contribution in [0.5, 0.6) is 0 Å². The summed E-state index contributed by atoms with van der Waals surface area (Å²) >= 11 is 0. The van der Waals surface area contributed by atoms with Gasteiger partial charge in [0.05, 0.1) is 6.10 Å². The highest BCUT2D eigenvalue weighted by molar-refractivity contribution is 4.72. The Kier molecular flexibility index (Phi) is 11.9. The van der Waals surface area contributed by atoms with Gasteiger partial charge in [-0.1, -0.05) is 47.0 Å². The van der Waals surface area contributed by atoms with Crippen molar-refractivity contribution in [2.75, 3.05) is 13.2 Å². The van der Waals surface area contributed by atoms with Gasteiger partial charge in [-0.25, -0.2) is 0 Å². The molecule has 0 aromatic heterocycles. The molecule has 2 heteroatoms. The fraction of sp³-hybridized carbons (Fsp3) is 1.00. The van der Waals surface area contributed by atoms with Gasteiger partial charge in [-0.05, 0) is 38.6 Å². The normalized spacial score (nSPS) is 16.5. The average molecular weight is 257 g/mol. The van der Waals surface area contributed by atoms with Gasteiger partial charge < -0.3 is 10.1 Å². The minimum atomic E-state index is 0.331. The Morgan fingerprint density at radius 1 is 1.00 bits per heavy atom. The van der Waals surface area contributed by atoms with Gasteiger partial charge in [0.1, 0.15) is 0 Å². The largest absolute Gasteiger partial charge is 0.377 e. The maximum atomic E-state index is 6.08. The van der Waals surface area contributed by atoms with E-state index in [-0.39, 0.29) is 0 Å². The predicted octanol–water partition coefficient (Wildman–Crippen LogP) is 4.39. The molecule has 110 valence electrons. The van der Waals surface area contributed by atoms with E-state index in [9.17, 15) is 0 Å². The summed E-state index contributed by atoms with van der Waals surface area (Å²) in [6.07, 6.45) is 7.86. The molecule has 18 heavy (non-hydrogen) atoms. The maximum Gasteiger partial charge on any atom is 0.0699 e. The lowest BCUT2D eigenvalue weighted by Gasteiger charge is -2.26. The molecule has 0 saturated carbocycles. The second-order valence-electron chi connectivity index (χ2n) is 5.42. The first-order chi connectivity index (χ1) is 8.69. The summed E-state index contributed by atoms with van der Waals surface area (Å²) in [6, 6.07) is 0.508. The lowest BCUT2D eigenvalue weighted by atomic mass is 10.0. The predicted molar refractivity (Wildman–Crippen MR) is 81.1 cm³/mol. The number of hydrogen-bond acceptors (Lipinski definition) is 2. The molecule has 0 radical (unpaired) electrons. The topological polar surface area (TPSA) is 21.3 Å². The average Bonchev–Trinajstić information content (AvgIpc) is 2.39. The van der Waals surface area contributed by atoms with E-state index in [0.29, 0.717) is 12.1 Å². The van der Waals surface area contributed by atoms with Crippen LogP contribution >= 0.6 is 0 Å². The molecule has 0 rings (SSSR count). The van der Waals surface area contributed by atoms with Crippen molar-refractivity contribution < 1.29 is 4.74 Å². The lowest BCUT2D eigenvalue weighted by molar-refractivity contribution is 0.0136. The highest BCUT2D eigenvalue weighted by Gasteiger charge is 2.16. The molecule has 1 N–H and O–H groups in total. The van der Waals surface area contributed by atoms with Crippen LogP contribution in [0.1, 0.15) is 73.1 Å². The minimum absolute atomic E-state index is 0.331. The van der Waals surface area contributed by atoms with Crippen LogP contribution in [0.15, 0.2) is 0 Å². The fourth-order valence-corrected chi connectivity index (χ4v) is 2.27. The molecule has 0 aromatic carbocycles. The van der Waals surface area contributed by atoms with Crippen LogP contribution in [-0.2, 0) is 4.74 Å². The van der Waals surface area contributed by atoms with Crippen molar-refractivity contribution in [1.82, 2.24) is 5.32 Å². The molecule has 0 spiro atoms. The van der Waals surface area contributed by atoms with E-state index in [1.165, 1.54) is 32.1 Å². The first-order valence-corrected chi connectivity index (χ1v) is 8.04. The van der Waals surface area contributed by atoms with Crippen molar-refractivity contribution in [3.8, 4) is 0 Å². The standard InChI is InChI=1S/C16H35NO/c1-6-10-11-15(8-3)13-18-14(5)16(9-4)17-12-7-2/h14-17H,6-13H2,1-5H3. The van der Waals surface area contributed by atoms with E-state index >= 15 is 0 Å². The molecule has 0 saturated heterocycles. The second-order valence-corrected chi connectivity index (χ2v) is 5.42. The molecule has 0 amide bonds. The van der Waals surface area contributed by atoms with Gasteiger partial charge in [0.15, 0.2) is 0 Å². The van der Waals surface area contributed by atoms with Crippen LogP contribution in [0.2, 0.25) is 0 Å². The number of rotatable bonds is 12. The number of hydrogen-bond donors (Lipinski definition) is 1. The number of ether oxygens (including phenoxy) is 1. The molecular formula is C16H35NO. The highest BCUT2D eigenvalue weighted by atomic mass is 16.5. The van der Waals surface area contributed by atoms with Crippen molar-refractivity contribution in [2.45, 2.75) is 85.3 Å². The molecule has 0 heterocycles. The van der Waals surface area contributed by atoms with E-state index in [1.807, 2.05) is 0 Å². The van der Waals surface area contributed by atoms with Crippen molar-refractivity contribution in [2.24, 2.45) is 5.92 Å². The number of unbranched alkanes of at least 4 members (excludes halogenated alkanes) is 1. The Balaban J connectivity index is 3.91. The van der Waals surface area contributed by atoms with Gasteiger partial charge in [-0.3, -0.25) is 0 Å². The Bertz CT molecular complexity index is 172. The Morgan fingerprint density at radius 3 is 2.22 bits per heavy atom. The zero-order valence-electron chi connectivity index (χ0n) is 13.3. The molecule has 0 bridgehead atoms. The summed E-state index contributed by atoms with van der Waals surface area (Å²) < 4.78 is 6.08. The molecule has 2 nitrogen and oxygen atoms in total. The first kappa shape index (κ1) is 17.9. The molecular weight excluding hydrogens is 222 g/mol. The zero-order chi connectivity index (χ0) is 13.8. The van der Waals surface area contributed by atoms with Crippen molar-refractivity contribution >= 4 is 0 Å². The van der Waals surface area contributed by atoms with E-state index < -0.39 is 0 Å². The summed E-state index contributed by atoms with van der Waals surface area (Å²) in [6.45, 7) is 13.2. The smallest absolute Gasteiger partial charge is 0.0699 e. The van der Waals surface area contributed by atoms with Crippen LogP contribution in [0, 0.1) is 5.92 Å². The summed E-state index contributed by atoms with van der Waals surface area (Å²) in [5, 5.41) is 3.58. The van der Waals surface area contributed by atoms with Crippen molar-refractivity contribution in [3.05, 3.63) is 0 Å². The fourth-order valence-electron chi connectivity index (χ4n) is 2.27. The molecule has 3 unspecified atom stereocenters. The van der Waals surface area contributed by atoms with Crippen LogP contribution in [0.4, 0.5) is 0 Å². The van der Waals surface area contributed by atoms with Gasteiger partial charge in [0.25, 0.3) is 0 Å². The van der Waals surface area contributed by atoms with Crippen LogP contribution in [-0.4, -0.2) is 25.3 Å². The van der Waals surface area contributed by atoms with Gasteiger partial charge >= 0.3 is 0 Å². The van der Waals surface area contributed by atoms with Gasteiger partial charge in [0, 0.05) is 12.6 Å². The monoisotopic (exact) mass is 257 g/mol. The first-order valence-electron chi connectivity index (χ1n) is 8.04. The molecule has 3 atom stereocenters. The summed E-state index contributed by atoms with van der Waals surface area (Å²) in [7, 11) is 0. The maximum absolute atomic E-state index is 6.08. The quantitative estimate of drug-likeness (QED) is 0.560. The van der Waals surface area contributed by atoms with E-state index in [2.05, 4.69) is 39.9 Å². The van der Waals surface area contributed by atoms with Gasteiger partial charge in [-0.2, -0.15) is 0 Å². The van der Waals surface area contributed by atoms with E-state index in [1.54, 1.807) is 0 Å². The summed E-state index contributed by atoms with van der Waals surface area (Å²) in [5.74, 6) is 0.746. The lowest BCUT2D eigenvalue weighted by Crippen LogP contribution is -2.40. The highest BCUT2D eigenvalue weighted by Crippen LogP contribution is 2.15. The Hall–Kier alpha value is -0.0800. The molecule has 0 fully saturated rings. The summed E-state index contributed by atoms with van der Waals surface area (Å²) in [4.78, 5) is 0. The third-order valence-electron chi connectivity index (χ3n) is 3.80. The molecule has 0 aliphatic carbocycles. The van der Waals surface area contributed by atoms with Gasteiger partial charge in [-0.15, -0.1) is 0 Å². The molecule has 0 aliphatic rings. The third kappa shape index (κ3) is 8.10. The van der Waals surface area contributed by atoms with Crippen LogP contribution in [0.25, 0.3) is 0 Å². The van der Waals surface area contributed by atoms with Crippen molar-refractivity contribution in [3.63, 3.8) is 0 Å². The summed E-state index contributed by atoms with van der Waals surface area (Å²) in [5.41, 5.74) is 0. The minimum Gasteiger partial charge on any atom is -0.377 e. The SMILES string of the molecule is CCCCC(CC)COC(C)C(CC)NCCC. The number of nitrogens with one attached hydrogen (secondary N) is 1. The zero-order valence-corrected chi connectivity index (χ0v) is 13.3. The molecule has 0 aromatic rings. The van der Waals surface area contributed by atoms with Crippen molar-refractivity contribution in [1.29, 1.82) is 0 Å². The Labute approximate surface area is 115 Å². The van der Waals surface area contributed by atoms with Gasteiger partial charge in [0.2, 0.25) is 0 Å². The van der Waals surface area contributed by atoms with E-state index in [4.69, 9.17) is 4.74 Å². The molecule has 0 aliphatic heterocycles. The van der Waals surface area contributed by atoms with E-state index in [0.717, 1.165) is 25.5 Å². The van der Waals surface area contributed by atoms with Crippen LogP contribution < -0.4 is 5.32 Å². The Morgan fingerprint density at radius 2 is 1.72 bits per heavy atom. The second kappa shape index (κ2) is 12.0.